The normalized spacial score (nSPS) is 18.8. The molecule has 1 aromatic rings. The van der Waals surface area contributed by atoms with E-state index >= 15 is 0 Å². The number of halogens is 2. The van der Waals surface area contributed by atoms with Crippen LogP contribution < -0.4 is 5.32 Å². The molecule has 20 heavy (non-hydrogen) atoms. The van der Waals surface area contributed by atoms with Gasteiger partial charge in [-0.05, 0) is 30.0 Å². The van der Waals surface area contributed by atoms with Gasteiger partial charge in [0, 0.05) is 26.2 Å². The smallest absolute Gasteiger partial charge is 0.255 e. The number of nitrogens with zero attached hydrogens (tertiary/aromatic N) is 1. The highest BCUT2D eigenvalue weighted by Gasteiger charge is 2.29. The van der Waals surface area contributed by atoms with E-state index in [1.807, 2.05) is 0 Å². The predicted octanol–water partition coefficient (Wildman–Crippen LogP) is 2.86. The van der Waals surface area contributed by atoms with Gasteiger partial charge in [-0.3, -0.25) is 4.79 Å². The lowest BCUT2D eigenvalue weighted by Crippen LogP contribution is -2.39. The van der Waals surface area contributed by atoms with E-state index in [1.54, 1.807) is 11.8 Å². The maximum Gasteiger partial charge on any atom is 0.255 e. The summed E-state index contributed by atoms with van der Waals surface area (Å²) in [6, 6.07) is 2.75. The summed E-state index contributed by atoms with van der Waals surface area (Å²) in [5, 5.41) is 3.62. The van der Waals surface area contributed by atoms with Crippen molar-refractivity contribution in [3.63, 3.8) is 0 Å². The van der Waals surface area contributed by atoms with Crippen molar-refractivity contribution in [1.82, 2.24) is 10.2 Å². The highest BCUT2D eigenvalue weighted by molar-refractivity contribution is 6.33. The Morgan fingerprint density at radius 1 is 1.45 bits per heavy atom. The van der Waals surface area contributed by atoms with E-state index in [0.717, 1.165) is 13.1 Å². The zero-order valence-electron chi connectivity index (χ0n) is 12.1. The fraction of sp³-hybridized carbons (Fsp3) is 0.533. The summed E-state index contributed by atoms with van der Waals surface area (Å²) >= 11 is 6.10. The summed E-state index contributed by atoms with van der Waals surface area (Å²) in [6.45, 7) is 8.66. The molecule has 1 amide bonds. The van der Waals surface area contributed by atoms with Gasteiger partial charge in [0.2, 0.25) is 0 Å². The van der Waals surface area contributed by atoms with Gasteiger partial charge in [-0.1, -0.05) is 25.4 Å². The molecule has 0 aromatic heterocycles. The van der Waals surface area contributed by atoms with Crippen LogP contribution in [-0.4, -0.2) is 37.0 Å². The predicted molar refractivity (Wildman–Crippen MR) is 78.7 cm³/mol. The van der Waals surface area contributed by atoms with Crippen LogP contribution in [0.4, 0.5) is 4.39 Å². The Morgan fingerprint density at radius 3 is 2.85 bits per heavy atom. The van der Waals surface area contributed by atoms with Crippen molar-refractivity contribution in [2.75, 3.05) is 26.2 Å². The topological polar surface area (TPSA) is 32.3 Å². The maximum atomic E-state index is 13.7. The van der Waals surface area contributed by atoms with Gasteiger partial charge < -0.3 is 10.2 Å². The highest BCUT2D eigenvalue weighted by Crippen LogP contribution is 2.24. The van der Waals surface area contributed by atoms with Crippen molar-refractivity contribution < 1.29 is 9.18 Å². The first-order chi connectivity index (χ1) is 9.30. The van der Waals surface area contributed by atoms with Gasteiger partial charge in [-0.15, -0.1) is 0 Å². The van der Waals surface area contributed by atoms with E-state index in [1.165, 1.54) is 12.1 Å². The van der Waals surface area contributed by atoms with Gasteiger partial charge in [0.1, 0.15) is 5.82 Å². The monoisotopic (exact) mass is 298 g/mol. The molecular formula is C15H20ClFN2O. The summed E-state index contributed by atoms with van der Waals surface area (Å²) in [7, 11) is 0. The molecule has 110 valence electrons. The molecule has 3 nitrogen and oxygen atoms in total. The number of aryl methyl sites for hydroxylation is 1. The van der Waals surface area contributed by atoms with Crippen LogP contribution in [-0.2, 0) is 0 Å². The first-order valence-corrected chi connectivity index (χ1v) is 7.14. The summed E-state index contributed by atoms with van der Waals surface area (Å²) in [6.07, 6.45) is 0. The molecule has 0 atom stereocenters. The minimum absolute atomic E-state index is 0.0120. The molecule has 1 aliphatic rings. The largest absolute Gasteiger partial charge is 0.337 e. The number of nitrogens with one attached hydrogen (secondary N) is 1. The van der Waals surface area contributed by atoms with E-state index in [9.17, 15) is 9.18 Å². The summed E-state index contributed by atoms with van der Waals surface area (Å²) < 4.78 is 13.7. The Balaban J connectivity index is 2.28. The van der Waals surface area contributed by atoms with Gasteiger partial charge in [-0.2, -0.15) is 0 Å². The number of rotatable bonds is 1. The van der Waals surface area contributed by atoms with Crippen molar-refractivity contribution >= 4 is 17.5 Å². The van der Waals surface area contributed by atoms with Crippen molar-refractivity contribution in [3.05, 3.63) is 34.1 Å². The Kier molecular flexibility index (Phi) is 4.35. The second kappa shape index (κ2) is 5.70. The lowest BCUT2D eigenvalue weighted by atomic mass is 9.93. The molecule has 0 saturated carbocycles. The number of amides is 1. The third-order valence-electron chi connectivity index (χ3n) is 3.55. The first-order valence-electron chi connectivity index (χ1n) is 6.76. The van der Waals surface area contributed by atoms with E-state index in [4.69, 9.17) is 11.6 Å². The van der Waals surface area contributed by atoms with Crippen LogP contribution in [0.1, 0.15) is 29.8 Å². The SMILES string of the molecule is Cc1cc(Cl)c(C(=O)N2CCNCC(C)(C)C2)cc1F. The molecule has 1 aliphatic heterocycles. The number of hydrogen-bond donors (Lipinski definition) is 1. The lowest BCUT2D eigenvalue weighted by Gasteiger charge is -2.29. The molecule has 1 fully saturated rings. The van der Waals surface area contributed by atoms with Crippen LogP contribution >= 0.6 is 11.6 Å². The van der Waals surface area contributed by atoms with Crippen LogP contribution in [0, 0.1) is 18.2 Å². The van der Waals surface area contributed by atoms with E-state index < -0.39 is 5.82 Å². The van der Waals surface area contributed by atoms with Crippen LogP contribution in [0.3, 0.4) is 0 Å². The molecule has 0 radical (unpaired) electrons. The van der Waals surface area contributed by atoms with E-state index in [-0.39, 0.29) is 16.9 Å². The standard InChI is InChI=1S/C15H20ClFN2O/c1-10-6-12(16)11(7-13(10)17)14(20)19-5-4-18-8-15(2,3)9-19/h6-7,18H,4-5,8-9H2,1-3H3. The van der Waals surface area contributed by atoms with Gasteiger partial charge in [-0.25, -0.2) is 4.39 Å². The minimum atomic E-state index is -0.398. The molecule has 0 bridgehead atoms. The summed E-state index contributed by atoms with van der Waals surface area (Å²) in [5.74, 6) is -0.601. The van der Waals surface area contributed by atoms with Gasteiger partial charge in [0.15, 0.2) is 0 Å². The zero-order chi connectivity index (χ0) is 14.9. The van der Waals surface area contributed by atoms with Crippen LogP contribution in [0.15, 0.2) is 12.1 Å². The zero-order valence-corrected chi connectivity index (χ0v) is 12.9. The number of carbonyl (C=O) groups excluding carboxylic acids is 1. The van der Waals surface area contributed by atoms with Crippen LogP contribution in [0.5, 0.6) is 0 Å². The lowest BCUT2D eigenvalue weighted by molar-refractivity contribution is 0.0716. The summed E-state index contributed by atoms with van der Waals surface area (Å²) in [5.41, 5.74) is 0.680. The Morgan fingerprint density at radius 2 is 2.15 bits per heavy atom. The average Bonchev–Trinajstić information content (AvgIpc) is 2.54. The van der Waals surface area contributed by atoms with Crippen molar-refractivity contribution in [1.29, 1.82) is 0 Å². The molecule has 1 N–H and O–H groups in total. The third-order valence-corrected chi connectivity index (χ3v) is 3.86. The first kappa shape index (κ1) is 15.3. The summed E-state index contributed by atoms with van der Waals surface area (Å²) in [4.78, 5) is 14.3. The third kappa shape index (κ3) is 3.30. The molecule has 1 saturated heterocycles. The molecule has 5 heteroatoms. The van der Waals surface area contributed by atoms with E-state index in [0.29, 0.717) is 23.7 Å². The fourth-order valence-corrected chi connectivity index (χ4v) is 2.75. The second-order valence-electron chi connectivity index (χ2n) is 6.15. The van der Waals surface area contributed by atoms with Crippen molar-refractivity contribution in [3.8, 4) is 0 Å². The van der Waals surface area contributed by atoms with Gasteiger partial charge >= 0.3 is 0 Å². The van der Waals surface area contributed by atoms with E-state index in [2.05, 4.69) is 19.2 Å². The minimum Gasteiger partial charge on any atom is -0.337 e. The molecule has 1 aromatic carbocycles. The van der Waals surface area contributed by atoms with Gasteiger partial charge in [0.05, 0.1) is 10.6 Å². The van der Waals surface area contributed by atoms with Crippen LogP contribution in [0.2, 0.25) is 5.02 Å². The molecule has 1 heterocycles. The molecule has 0 unspecified atom stereocenters. The molecule has 2 rings (SSSR count). The molecule has 0 aliphatic carbocycles. The van der Waals surface area contributed by atoms with Crippen molar-refractivity contribution in [2.45, 2.75) is 20.8 Å². The number of carbonyl (C=O) groups is 1. The Bertz CT molecular complexity index is 531. The Labute approximate surface area is 124 Å². The number of benzene rings is 1. The Hall–Kier alpha value is -1.13. The quantitative estimate of drug-likeness (QED) is 0.865. The van der Waals surface area contributed by atoms with Gasteiger partial charge in [0.25, 0.3) is 5.91 Å². The average molecular weight is 299 g/mol. The second-order valence-corrected chi connectivity index (χ2v) is 6.56. The highest BCUT2D eigenvalue weighted by atomic mass is 35.5. The molecular weight excluding hydrogens is 279 g/mol. The van der Waals surface area contributed by atoms with Crippen LogP contribution in [0.25, 0.3) is 0 Å². The molecule has 0 spiro atoms. The van der Waals surface area contributed by atoms with Crippen molar-refractivity contribution in [2.24, 2.45) is 5.41 Å². The fourth-order valence-electron chi connectivity index (χ4n) is 2.45. The number of hydrogen-bond acceptors (Lipinski definition) is 2. The maximum absolute atomic E-state index is 13.7.